The van der Waals surface area contributed by atoms with Crippen LogP contribution in [0.15, 0.2) is 24.4 Å². The second-order valence-corrected chi connectivity index (χ2v) is 3.09. The summed E-state index contributed by atoms with van der Waals surface area (Å²) in [6.07, 6.45) is 1.62. The number of halogens is 2. The first kappa shape index (κ1) is 7.77. The molecule has 2 heterocycles. The van der Waals surface area contributed by atoms with E-state index in [1.807, 2.05) is 6.07 Å². The van der Waals surface area contributed by atoms with Gasteiger partial charge < -0.3 is 0 Å². The first-order valence-electron chi connectivity index (χ1n) is 3.35. The van der Waals surface area contributed by atoms with Crippen LogP contribution >= 0.6 is 11.6 Å². The maximum Gasteiger partial charge on any atom is 0.318 e. The Balaban J connectivity index is 2.86. The Kier molecular flexibility index (Phi) is 1.87. The van der Waals surface area contributed by atoms with E-state index in [0.29, 0.717) is 10.3 Å². The van der Waals surface area contributed by atoms with Crippen LogP contribution in [-0.4, -0.2) is 9.97 Å². The normalized spacial score (nSPS) is 10.5. The zero-order valence-corrected chi connectivity index (χ0v) is 7.56. The molecule has 0 spiro atoms. The van der Waals surface area contributed by atoms with Crippen LogP contribution in [0.2, 0.25) is 10.3 Å². The molecule has 0 atom stereocenters. The van der Waals surface area contributed by atoms with Gasteiger partial charge in [0.15, 0.2) is 11.6 Å². The molecule has 0 unspecified atom stereocenters. The second kappa shape index (κ2) is 2.88. The standard InChI is InChI=1S/C8H5Cl2N2/c9-7-2-1-5-6(12-7)3-4-11-8(5)10/h1-4,9H/q+1. The van der Waals surface area contributed by atoms with E-state index >= 15 is 0 Å². The molecule has 60 valence electrons. The van der Waals surface area contributed by atoms with Gasteiger partial charge in [0, 0.05) is 17.6 Å². The third-order valence-electron chi connectivity index (χ3n) is 1.54. The topological polar surface area (TPSA) is 25.8 Å². The lowest BCUT2D eigenvalue weighted by atomic mass is 10.3. The molecule has 0 radical (unpaired) electrons. The largest absolute Gasteiger partial charge is 0.318 e. The quantitative estimate of drug-likeness (QED) is 0.607. The van der Waals surface area contributed by atoms with Crippen molar-refractivity contribution in [2.75, 3.05) is 0 Å². The molecule has 0 bridgehead atoms. The molecule has 0 aliphatic carbocycles. The van der Waals surface area contributed by atoms with Gasteiger partial charge in [0.2, 0.25) is 0 Å². The summed E-state index contributed by atoms with van der Waals surface area (Å²) >= 11 is 10.7. The summed E-state index contributed by atoms with van der Waals surface area (Å²) in [6.45, 7) is 0. The zero-order chi connectivity index (χ0) is 8.55. The Hall–Kier alpha value is -0.860. The molecule has 2 nitrogen and oxygen atoms in total. The van der Waals surface area contributed by atoms with E-state index in [4.69, 9.17) is 23.2 Å². The van der Waals surface area contributed by atoms with Crippen molar-refractivity contribution in [1.82, 2.24) is 9.97 Å². The van der Waals surface area contributed by atoms with E-state index in [9.17, 15) is 0 Å². The van der Waals surface area contributed by atoms with Gasteiger partial charge in [-0.2, -0.15) is 4.98 Å². The molecule has 0 saturated heterocycles. The molecule has 2 rings (SSSR count). The smallest absolute Gasteiger partial charge is 0.244 e. The highest BCUT2D eigenvalue weighted by Gasteiger charge is 2.03. The van der Waals surface area contributed by atoms with E-state index in [1.165, 1.54) is 0 Å². The van der Waals surface area contributed by atoms with Crippen LogP contribution in [0.4, 0.5) is 0 Å². The Morgan fingerprint density at radius 3 is 2.92 bits per heavy atom. The number of pyridine rings is 2. The SMILES string of the molecule is Clc1nccc2nc([ClH+])ccc12. The lowest BCUT2D eigenvalue weighted by molar-refractivity contribution is -0.295. The Morgan fingerprint density at radius 1 is 1.25 bits per heavy atom. The van der Waals surface area contributed by atoms with Gasteiger partial charge in [0.05, 0.1) is 5.52 Å². The molecule has 0 aliphatic rings. The van der Waals surface area contributed by atoms with E-state index < -0.39 is 0 Å². The number of rotatable bonds is 0. The van der Waals surface area contributed by atoms with Crippen LogP contribution in [-0.2, 0) is 0 Å². The third kappa shape index (κ3) is 1.24. The second-order valence-electron chi connectivity index (χ2n) is 2.32. The average molecular weight is 200 g/mol. The summed E-state index contributed by atoms with van der Waals surface area (Å²) in [4.78, 5) is 8.06. The number of hydrogen-bond acceptors (Lipinski definition) is 2. The van der Waals surface area contributed by atoms with Crippen molar-refractivity contribution in [2.24, 2.45) is 0 Å². The van der Waals surface area contributed by atoms with E-state index in [1.54, 1.807) is 18.3 Å². The fourth-order valence-electron chi connectivity index (χ4n) is 1.00. The molecule has 2 aromatic rings. The van der Waals surface area contributed by atoms with E-state index in [2.05, 4.69) is 9.97 Å². The van der Waals surface area contributed by atoms with Crippen molar-refractivity contribution in [3.05, 3.63) is 34.7 Å². The highest BCUT2D eigenvalue weighted by molar-refractivity contribution is 6.34. The minimum Gasteiger partial charge on any atom is -0.244 e. The minimum atomic E-state index is 0.468. The highest BCUT2D eigenvalue weighted by Crippen LogP contribution is 2.19. The lowest BCUT2D eigenvalue weighted by Crippen LogP contribution is -1.83. The fourth-order valence-corrected chi connectivity index (χ4v) is 1.38. The van der Waals surface area contributed by atoms with Crippen molar-refractivity contribution in [1.29, 1.82) is 0 Å². The summed E-state index contributed by atoms with van der Waals surface area (Å²) in [6, 6.07) is 5.36. The van der Waals surface area contributed by atoms with E-state index in [0.717, 1.165) is 10.9 Å². The van der Waals surface area contributed by atoms with Gasteiger partial charge in [0.1, 0.15) is 5.15 Å². The van der Waals surface area contributed by atoms with Gasteiger partial charge in [0.25, 0.3) is 0 Å². The Bertz CT molecular complexity index is 428. The summed E-state index contributed by atoms with van der Waals surface area (Å²) in [5.41, 5.74) is 0.794. The molecule has 4 heteroatoms. The zero-order valence-electron chi connectivity index (χ0n) is 5.99. The van der Waals surface area contributed by atoms with Crippen LogP contribution in [0.25, 0.3) is 10.9 Å². The molecule has 0 saturated carbocycles. The van der Waals surface area contributed by atoms with Crippen LogP contribution in [0.3, 0.4) is 0 Å². The van der Waals surface area contributed by atoms with Gasteiger partial charge in [-0.15, -0.1) is 0 Å². The van der Waals surface area contributed by atoms with Crippen LogP contribution in [0.1, 0.15) is 0 Å². The highest BCUT2D eigenvalue weighted by atomic mass is 35.5. The lowest BCUT2D eigenvalue weighted by Gasteiger charge is -1.95. The molecular formula is C8H5Cl2N2+. The monoisotopic (exact) mass is 199 g/mol. The Morgan fingerprint density at radius 2 is 2.08 bits per heavy atom. The van der Waals surface area contributed by atoms with Gasteiger partial charge in [-0.25, -0.2) is 4.98 Å². The number of aromatic nitrogens is 2. The predicted molar refractivity (Wildman–Crippen MR) is 45.1 cm³/mol. The molecular weight excluding hydrogens is 195 g/mol. The van der Waals surface area contributed by atoms with Gasteiger partial charge in [-0.1, -0.05) is 11.6 Å². The van der Waals surface area contributed by atoms with Crippen molar-refractivity contribution in [2.45, 2.75) is 0 Å². The maximum absolute atomic E-state index is 5.82. The summed E-state index contributed by atoms with van der Waals surface area (Å²) in [7, 11) is 0. The van der Waals surface area contributed by atoms with Crippen molar-refractivity contribution in [3.63, 3.8) is 0 Å². The van der Waals surface area contributed by atoms with Crippen LogP contribution in [0, 0.1) is 11.6 Å². The molecule has 0 aromatic carbocycles. The van der Waals surface area contributed by atoms with Gasteiger partial charge in [-0.3, -0.25) is 0 Å². The van der Waals surface area contributed by atoms with Crippen molar-refractivity contribution >= 4 is 22.5 Å². The number of hydrogen-bond donors (Lipinski definition) is 0. The summed E-state index contributed by atoms with van der Waals surface area (Å²) in [5.74, 6) is 0. The first-order valence-corrected chi connectivity index (χ1v) is 4.14. The summed E-state index contributed by atoms with van der Waals surface area (Å²) < 4.78 is 0. The summed E-state index contributed by atoms with van der Waals surface area (Å²) in [5, 5.41) is 1.88. The predicted octanol–water partition coefficient (Wildman–Crippen LogP) is 1.98. The first-order chi connectivity index (χ1) is 5.77. The molecule has 0 N–H and O–H groups in total. The Labute approximate surface area is 79.2 Å². The number of nitrogens with zero attached hydrogens (tertiary/aromatic N) is 2. The fraction of sp³-hybridized carbons (Fsp3) is 0. The minimum absolute atomic E-state index is 0.468. The third-order valence-corrected chi connectivity index (χ3v) is 2.07. The van der Waals surface area contributed by atoms with Gasteiger partial charge in [-0.05, 0) is 12.1 Å². The molecule has 12 heavy (non-hydrogen) atoms. The molecule has 2 aromatic heterocycles. The van der Waals surface area contributed by atoms with Crippen LogP contribution < -0.4 is 0 Å². The molecule has 0 aliphatic heterocycles. The van der Waals surface area contributed by atoms with Crippen molar-refractivity contribution < 1.29 is 11.6 Å². The average Bonchev–Trinajstić information content (AvgIpc) is 2.04. The molecule has 0 amide bonds. The number of fused-ring (bicyclic) bond motifs is 1. The molecule has 0 fully saturated rings. The van der Waals surface area contributed by atoms with Gasteiger partial charge >= 0.3 is 5.15 Å². The van der Waals surface area contributed by atoms with Crippen LogP contribution in [0.5, 0.6) is 0 Å². The van der Waals surface area contributed by atoms with E-state index in [-0.39, 0.29) is 0 Å². The maximum atomic E-state index is 5.82. The van der Waals surface area contributed by atoms with Crippen molar-refractivity contribution in [3.8, 4) is 0 Å².